The summed E-state index contributed by atoms with van der Waals surface area (Å²) in [6, 6.07) is 3.41. The predicted octanol–water partition coefficient (Wildman–Crippen LogP) is 2.75. The molecule has 2 N–H and O–H groups in total. The van der Waals surface area contributed by atoms with Crippen molar-refractivity contribution in [2.24, 2.45) is 0 Å². The summed E-state index contributed by atoms with van der Waals surface area (Å²) in [7, 11) is 4.35. The predicted molar refractivity (Wildman–Crippen MR) is 90.3 cm³/mol. The molecule has 27 heavy (non-hydrogen) atoms. The fraction of sp³-hybridized carbons (Fsp3) is 0.375. The van der Waals surface area contributed by atoms with E-state index in [1.54, 1.807) is 12.1 Å². The number of alkyl halides is 3. The average Bonchev–Trinajstić information content (AvgIpc) is 3.10. The molecule has 0 saturated carbocycles. The highest BCUT2D eigenvalue weighted by Gasteiger charge is 2.33. The minimum atomic E-state index is -4.50. The van der Waals surface area contributed by atoms with Gasteiger partial charge < -0.3 is 24.8 Å². The van der Waals surface area contributed by atoms with Crippen molar-refractivity contribution in [3.63, 3.8) is 0 Å². The first kappa shape index (κ1) is 20.2. The summed E-state index contributed by atoms with van der Waals surface area (Å²) in [5.41, 5.74) is -0.593. The Kier molecular flexibility index (Phi) is 6.37. The number of hydrogen-bond donors (Lipinski definition) is 2. The molecule has 0 aliphatic rings. The smallest absolute Gasteiger partial charge is 0.435 e. The number of methoxy groups -OCH3 is 3. The molecule has 11 heteroatoms. The summed E-state index contributed by atoms with van der Waals surface area (Å²) >= 11 is 0. The Balaban J connectivity index is 1.93. The van der Waals surface area contributed by atoms with Crippen LogP contribution in [0.15, 0.2) is 24.4 Å². The summed E-state index contributed by atoms with van der Waals surface area (Å²) in [5, 5.41) is 8.51. The van der Waals surface area contributed by atoms with Gasteiger partial charge in [-0.1, -0.05) is 0 Å². The lowest BCUT2D eigenvalue weighted by atomic mass is 10.2. The van der Waals surface area contributed by atoms with Crippen molar-refractivity contribution in [2.75, 3.05) is 33.2 Å². The van der Waals surface area contributed by atoms with Crippen molar-refractivity contribution in [2.45, 2.75) is 12.7 Å². The molecule has 0 radical (unpaired) electrons. The maximum atomic E-state index is 12.5. The fourth-order valence-corrected chi connectivity index (χ4v) is 2.25. The third kappa shape index (κ3) is 5.19. The molecule has 2 amide bonds. The second-order valence-electron chi connectivity index (χ2n) is 5.26. The van der Waals surface area contributed by atoms with Gasteiger partial charge in [0.05, 0.1) is 33.6 Å². The number of carbonyl (C=O) groups is 1. The molecular weight excluding hydrogens is 369 g/mol. The number of amides is 2. The van der Waals surface area contributed by atoms with Gasteiger partial charge >= 0.3 is 12.2 Å². The van der Waals surface area contributed by atoms with Crippen molar-refractivity contribution in [1.82, 2.24) is 15.1 Å². The highest BCUT2D eigenvalue weighted by atomic mass is 19.4. The Morgan fingerprint density at radius 2 is 1.78 bits per heavy atom. The van der Waals surface area contributed by atoms with Crippen LogP contribution in [0.25, 0.3) is 0 Å². The molecule has 2 rings (SSSR count). The number of benzene rings is 1. The largest absolute Gasteiger partial charge is 0.493 e. The summed E-state index contributed by atoms with van der Waals surface area (Å²) in [6.45, 7) is 0.161. The zero-order valence-electron chi connectivity index (χ0n) is 14.9. The first-order chi connectivity index (χ1) is 12.8. The van der Waals surface area contributed by atoms with Gasteiger partial charge in [0.1, 0.15) is 0 Å². The van der Waals surface area contributed by atoms with Crippen LogP contribution >= 0.6 is 0 Å². The standard InChI is InChI=1S/C16H19F3N4O4/c1-25-11-8-10(9-12(26-2)14(11)27-3)21-15(24)20-5-7-23-6-4-13(22-23)16(17,18)19/h4,6,8-9H,5,7H2,1-3H3,(H2,20,21,24). The van der Waals surface area contributed by atoms with Crippen molar-refractivity contribution >= 4 is 11.7 Å². The number of halogens is 3. The lowest BCUT2D eigenvalue weighted by molar-refractivity contribution is -0.141. The first-order valence-corrected chi connectivity index (χ1v) is 7.74. The third-order valence-corrected chi connectivity index (χ3v) is 3.48. The van der Waals surface area contributed by atoms with Gasteiger partial charge in [-0.2, -0.15) is 18.3 Å². The van der Waals surface area contributed by atoms with Gasteiger partial charge in [-0.3, -0.25) is 4.68 Å². The Labute approximate surface area is 153 Å². The number of aromatic nitrogens is 2. The second-order valence-corrected chi connectivity index (χ2v) is 5.26. The molecule has 0 atom stereocenters. The van der Waals surface area contributed by atoms with E-state index in [1.807, 2.05) is 0 Å². The molecule has 0 unspecified atom stereocenters. The number of rotatable bonds is 7. The molecule has 0 fully saturated rings. The van der Waals surface area contributed by atoms with E-state index < -0.39 is 17.9 Å². The van der Waals surface area contributed by atoms with Crippen LogP contribution in [0, 0.1) is 0 Å². The van der Waals surface area contributed by atoms with Crippen LogP contribution in [0.2, 0.25) is 0 Å². The lowest BCUT2D eigenvalue weighted by Gasteiger charge is -2.15. The second kappa shape index (κ2) is 8.52. The van der Waals surface area contributed by atoms with Crippen LogP contribution in [-0.4, -0.2) is 43.7 Å². The van der Waals surface area contributed by atoms with Crippen molar-refractivity contribution in [3.8, 4) is 17.2 Å². The highest BCUT2D eigenvalue weighted by Crippen LogP contribution is 2.39. The molecule has 2 aromatic rings. The molecular formula is C16H19F3N4O4. The molecule has 1 aromatic heterocycles. The normalized spacial score (nSPS) is 11.0. The van der Waals surface area contributed by atoms with Crippen molar-refractivity contribution in [1.29, 1.82) is 0 Å². The number of hydrogen-bond acceptors (Lipinski definition) is 5. The molecule has 0 saturated heterocycles. The van der Waals surface area contributed by atoms with Gasteiger partial charge in [0.15, 0.2) is 17.2 Å². The van der Waals surface area contributed by atoms with Crippen molar-refractivity contribution in [3.05, 3.63) is 30.1 Å². The average molecular weight is 388 g/mol. The Morgan fingerprint density at radius 1 is 1.15 bits per heavy atom. The van der Waals surface area contributed by atoms with E-state index in [-0.39, 0.29) is 13.1 Å². The van der Waals surface area contributed by atoms with Gasteiger partial charge in [-0.15, -0.1) is 0 Å². The van der Waals surface area contributed by atoms with E-state index in [1.165, 1.54) is 27.5 Å². The minimum Gasteiger partial charge on any atom is -0.493 e. The number of urea groups is 1. The van der Waals surface area contributed by atoms with E-state index in [0.29, 0.717) is 22.9 Å². The number of carbonyl (C=O) groups excluding carboxylic acids is 1. The van der Waals surface area contributed by atoms with E-state index in [4.69, 9.17) is 14.2 Å². The summed E-state index contributed by atoms with van der Waals surface area (Å²) in [6.07, 6.45) is -3.30. The monoisotopic (exact) mass is 388 g/mol. The summed E-state index contributed by atoms with van der Waals surface area (Å²) in [5.74, 6) is 1.11. The molecule has 148 valence electrons. The van der Waals surface area contributed by atoms with Crippen LogP contribution in [0.1, 0.15) is 5.69 Å². The van der Waals surface area contributed by atoms with Crippen molar-refractivity contribution < 1.29 is 32.2 Å². The van der Waals surface area contributed by atoms with Gasteiger partial charge in [0, 0.05) is 24.9 Å². The van der Waals surface area contributed by atoms with Gasteiger partial charge in [-0.25, -0.2) is 4.79 Å². The molecule has 0 spiro atoms. The van der Waals surface area contributed by atoms with Crippen LogP contribution in [0.4, 0.5) is 23.7 Å². The van der Waals surface area contributed by atoms with E-state index in [2.05, 4.69) is 15.7 Å². The van der Waals surface area contributed by atoms with Crippen LogP contribution < -0.4 is 24.8 Å². The molecule has 1 heterocycles. The van der Waals surface area contributed by atoms with Crippen LogP contribution in [0.5, 0.6) is 17.2 Å². The lowest BCUT2D eigenvalue weighted by Crippen LogP contribution is -2.31. The van der Waals surface area contributed by atoms with Crippen LogP contribution in [-0.2, 0) is 12.7 Å². The quantitative estimate of drug-likeness (QED) is 0.762. The van der Waals surface area contributed by atoms with Gasteiger partial charge in [0.2, 0.25) is 5.75 Å². The van der Waals surface area contributed by atoms with E-state index >= 15 is 0 Å². The maximum absolute atomic E-state index is 12.5. The summed E-state index contributed by atoms with van der Waals surface area (Å²) < 4.78 is 54.1. The number of anilines is 1. The SMILES string of the molecule is COc1cc(NC(=O)NCCn2ccc(C(F)(F)F)n2)cc(OC)c1OC. The maximum Gasteiger partial charge on any atom is 0.435 e. The zero-order chi connectivity index (χ0) is 20.0. The number of nitrogens with one attached hydrogen (secondary N) is 2. The van der Waals surface area contributed by atoms with Gasteiger partial charge in [0.25, 0.3) is 0 Å². The topological polar surface area (TPSA) is 86.6 Å². The van der Waals surface area contributed by atoms with E-state index in [0.717, 1.165) is 10.7 Å². The van der Waals surface area contributed by atoms with Gasteiger partial charge in [-0.05, 0) is 6.07 Å². The molecule has 0 bridgehead atoms. The molecule has 0 aliphatic heterocycles. The fourth-order valence-electron chi connectivity index (χ4n) is 2.25. The number of ether oxygens (including phenoxy) is 3. The summed E-state index contributed by atoms with van der Waals surface area (Å²) in [4.78, 5) is 12.0. The molecule has 8 nitrogen and oxygen atoms in total. The number of nitrogens with zero attached hydrogens (tertiary/aromatic N) is 2. The Bertz CT molecular complexity index is 767. The molecule has 1 aromatic carbocycles. The Morgan fingerprint density at radius 3 is 2.26 bits per heavy atom. The highest BCUT2D eigenvalue weighted by molar-refractivity contribution is 5.90. The third-order valence-electron chi connectivity index (χ3n) is 3.48. The molecule has 0 aliphatic carbocycles. The minimum absolute atomic E-state index is 0.0786. The first-order valence-electron chi connectivity index (χ1n) is 7.74. The van der Waals surface area contributed by atoms with Crippen LogP contribution in [0.3, 0.4) is 0 Å². The van der Waals surface area contributed by atoms with E-state index in [9.17, 15) is 18.0 Å². The Hall–Kier alpha value is -3.11. The zero-order valence-corrected chi connectivity index (χ0v) is 14.9.